The van der Waals surface area contributed by atoms with Crippen LogP contribution in [0.4, 0.5) is 0 Å². The van der Waals surface area contributed by atoms with Crippen molar-refractivity contribution in [3.05, 3.63) is 35.9 Å². The van der Waals surface area contributed by atoms with Crippen LogP contribution >= 0.6 is 0 Å². The average molecular weight is 373 g/mol. The molecule has 0 radical (unpaired) electrons. The zero-order valence-corrected chi connectivity index (χ0v) is 16.5. The standard InChI is InChI=1S/C21H31N3O3/c1-22(2)20(26)17-24-14-15-27-21(16-19(24)25)9-12-23(13-10-21)11-8-18-6-4-3-5-7-18/h3-7H,8-17H2,1-2H3. The number of likely N-dealkylation sites (N-methyl/N-ethyl adjacent to an activating group) is 1. The zero-order chi connectivity index (χ0) is 19.3. The van der Waals surface area contributed by atoms with Crippen LogP contribution in [0.5, 0.6) is 0 Å². The highest BCUT2D eigenvalue weighted by atomic mass is 16.5. The highest BCUT2D eigenvalue weighted by Gasteiger charge is 2.40. The van der Waals surface area contributed by atoms with Crippen molar-refractivity contribution in [2.75, 3.05) is 53.4 Å². The van der Waals surface area contributed by atoms with E-state index in [0.717, 1.165) is 38.9 Å². The Morgan fingerprint density at radius 2 is 1.85 bits per heavy atom. The third-order valence-corrected chi connectivity index (χ3v) is 5.75. The summed E-state index contributed by atoms with van der Waals surface area (Å²) in [7, 11) is 3.43. The van der Waals surface area contributed by atoms with Crippen LogP contribution in [-0.4, -0.2) is 85.5 Å². The number of hydrogen-bond donors (Lipinski definition) is 0. The van der Waals surface area contributed by atoms with E-state index in [9.17, 15) is 9.59 Å². The van der Waals surface area contributed by atoms with Gasteiger partial charge in [-0.05, 0) is 24.8 Å². The van der Waals surface area contributed by atoms with Crippen LogP contribution in [0.25, 0.3) is 0 Å². The number of hydrogen-bond acceptors (Lipinski definition) is 4. The number of rotatable bonds is 5. The summed E-state index contributed by atoms with van der Waals surface area (Å²) in [6, 6.07) is 10.5. The molecule has 2 saturated heterocycles. The van der Waals surface area contributed by atoms with Crippen molar-refractivity contribution in [3.8, 4) is 0 Å². The molecule has 0 atom stereocenters. The molecule has 148 valence electrons. The molecular formula is C21H31N3O3. The van der Waals surface area contributed by atoms with Crippen LogP contribution in [0, 0.1) is 0 Å². The van der Waals surface area contributed by atoms with Gasteiger partial charge in [-0.25, -0.2) is 0 Å². The quantitative estimate of drug-likeness (QED) is 0.783. The van der Waals surface area contributed by atoms with Gasteiger partial charge in [-0.15, -0.1) is 0 Å². The lowest BCUT2D eigenvalue weighted by molar-refractivity contribution is -0.140. The Bertz CT molecular complexity index is 639. The summed E-state index contributed by atoms with van der Waals surface area (Å²) >= 11 is 0. The molecule has 0 N–H and O–H groups in total. The van der Waals surface area contributed by atoms with Gasteiger partial charge < -0.3 is 19.4 Å². The lowest BCUT2D eigenvalue weighted by Gasteiger charge is -2.40. The predicted molar refractivity (Wildman–Crippen MR) is 104 cm³/mol. The number of nitrogens with zero attached hydrogens (tertiary/aromatic N) is 3. The lowest BCUT2D eigenvalue weighted by Crippen LogP contribution is -2.48. The van der Waals surface area contributed by atoms with Crippen LogP contribution < -0.4 is 0 Å². The fourth-order valence-corrected chi connectivity index (χ4v) is 3.84. The van der Waals surface area contributed by atoms with E-state index in [1.165, 1.54) is 10.5 Å². The topological polar surface area (TPSA) is 53.1 Å². The molecular weight excluding hydrogens is 342 g/mol. The summed E-state index contributed by atoms with van der Waals surface area (Å²) in [4.78, 5) is 30.3. The van der Waals surface area contributed by atoms with E-state index in [2.05, 4.69) is 29.2 Å². The summed E-state index contributed by atoms with van der Waals surface area (Å²) in [5.41, 5.74) is 1.01. The first-order chi connectivity index (χ1) is 13.0. The summed E-state index contributed by atoms with van der Waals surface area (Å²) in [6.45, 7) is 4.10. The summed E-state index contributed by atoms with van der Waals surface area (Å²) in [5, 5.41) is 0. The number of benzene rings is 1. The number of amides is 2. The van der Waals surface area contributed by atoms with Crippen LogP contribution in [0.1, 0.15) is 24.8 Å². The number of carbonyl (C=O) groups excluding carboxylic acids is 2. The maximum Gasteiger partial charge on any atom is 0.241 e. The highest BCUT2D eigenvalue weighted by molar-refractivity contribution is 5.85. The van der Waals surface area contributed by atoms with Crippen molar-refractivity contribution in [1.29, 1.82) is 0 Å². The molecule has 6 nitrogen and oxygen atoms in total. The van der Waals surface area contributed by atoms with E-state index in [0.29, 0.717) is 19.6 Å². The molecule has 3 rings (SSSR count). The second kappa shape index (κ2) is 8.85. The van der Waals surface area contributed by atoms with Gasteiger partial charge >= 0.3 is 0 Å². The Balaban J connectivity index is 1.50. The van der Waals surface area contributed by atoms with E-state index < -0.39 is 0 Å². The van der Waals surface area contributed by atoms with Crippen molar-refractivity contribution in [2.24, 2.45) is 0 Å². The fraction of sp³-hybridized carbons (Fsp3) is 0.619. The molecule has 2 aliphatic heterocycles. The van der Waals surface area contributed by atoms with Crippen LogP contribution in [0.15, 0.2) is 30.3 Å². The first-order valence-corrected chi connectivity index (χ1v) is 9.86. The highest BCUT2D eigenvalue weighted by Crippen LogP contribution is 2.32. The molecule has 0 aliphatic carbocycles. The van der Waals surface area contributed by atoms with Crippen LogP contribution in [-0.2, 0) is 20.7 Å². The number of carbonyl (C=O) groups is 2. The van der Waals surface area contributed by atoms with Gasteiger partial charge in [-0.3, -0.25) is 9.59 Å². The Hall–Kier alpha value is -1.92. The molecule has 2 heterocycles. The van der Waals surface area contributed by atoms with Gasteiger partial charge in [-0.1, -0.05) is 30.3 Å². The van der Waals surface area contributed by atoms with E-state index in [1.54, 1.807) is 19.0 Å². The normalized spacial score (nSPS) is 20.5. The van der Waals surface area contributed by atoms with E-state index in [4.69, 9.17) is 4.74 Å². The summed E-state index contributed by atoms with van der Waals surface area (Å²) in [6.07, 6.45) is 3.19. The monoisotopic (exact) mass is 373 g/mol. The van der Waals surface area contributed by atoms with E-state index in [-0.39, 0.29) is 24.0 Å². The van der Waals surface area contributed by atoms with Crippen molar-refractivity contribution in [2.45, 2.75) is 31.3 Å². The van der Waals surface area contributed by atoms with Gasteiger partial charge in [-0.2, -0.15) is 0 Å². The van der Waals surface area contributed by atoms with E-state index >= 15 is 0 Å². The summed E-state index contributed by atoms with van der Waals surface area (Å²) in [5.74, 6) is -0.00420. The second-order valence-electron chi connectivity index (χ2n) is 7.89. The second-order valence-corrected chi connectivity index (χ2v) is 7.89. The minimum Gasteiger partial charge on any atom is -0.373 e. The van der Waals surface area contributed by atoms with Crippen molar-refractivity contribution in [1.82, 2.24) is 14.7 Å². The summed E-state index contributed by atoms with van der Waals surface area (Å²) < 4.78 is 6.17. The van der Waals surface area contributed by atoms with Crippen molar-refractivity contribution in [3.63, 3.8) is 0 Å². The van der Waals surface area contributed by atoms with Crippen molar-refractivity contribution >= 4 is 11.8 Å². The first-order valence-electron chi connectivity index (χ1n) is 9.86. The third kappa shape index (κ3) is 5.30. The van der Waals surface area contributed by atoms with Gasteiger partial charge in [0.2, 0.25) is 11.8 Å². The molecule has 2 amide bonds. The largest absolute Gasteiger partial charge is 0.373 e. The Morgan fingerprint density at radius 3 is 2.52 bits per heavy atom. The predicted octanol–water partition coefficient (Wildman–Crippen LogP) is 1.40. The number of ether oxygens (including phenoxy) is 1. The molecule has 2 fully saturated rings. The lowest BCUT2D eigenvalue weighted by atomic mass is 9.87. The molecule has 0 saturated carbocycles. The molecule has 1 aromatic rings. The van der Waals surface area contributed by atoms with Gasteiger partial charge in [0.05, 0.1) is 25.2 Å². The van der Waals surface area contributed by atoms with Crippen LogP contribution in [0.2, 0.25) is 0 Å². The first kappa shape index (κ1) is 19.8. The Kier molecular flexibility index (Phi) is 6.50. The minimum absolute atomic E-state index is 0.0421. The molecule has 27 heavy (non-hydrogen) atoms. The Morgan fingerprint density at radius 1 is 1.15 bits per heavy atom. The maximum atomic E-state index is 12.7. The van der Waals surface area contributed by atoms with E-state index in [1.807, 2.05) is 6.07 Å². The minimum atomic E-state index is -0.351. The Labute approximate surface area is 162 Å². The smallest absolute Gasteiger partial charge is 0.241 e. The molecule has 0 bridgehead atoms. The average Bonchev–Trinajstić information content (AvgIpc) is 2.81. The molecule has 2 aliphatic rings. The number of likely N-dealkylation sites (tertiary alicyclic amines) is 1. The zero-order valence-electron chi connectivity index (χ0n) is 16.5. The number of piperidine rings is 1. The van der Waals surface area contributed by atoms with Gasteiger partial charge in [0, 0.05) is 40.3 Å². The third-order valence-electron chi connectivity index (χ3n) is 5.75. The maximum absolute atomic E-state index is 12.7. The molecule has 1 spiro atoms. The SMILES string of the molecule is CN(C)C(=O)CN1CCOC2(CCN(CCc3ccccc3)CC2)CC1=O. The van der Waals surface area contributed by atoms with Crippen molar-refractivity contribution < 1.29 is 14.3 Å². The molecule has 0 aromatic heterocycles. The fourth-order valence-electron chi connectivity index (χ4n) is 3.84. The van der Waals surface area contributed by atoms with Gasteiger partial charge in [0.25, 0.3) is 0 Å². The van der Waals surface area contributed by atoms with Gasteiger partial charge in [0.1, 0.15) is 0 Å². The molecule has 0 unspecified atom stereocenters. The van der Waals surface area contributed by atoms with Gasteiger partial charge in [0.15, 0.2) is 0 Å². The molecule has 1 aromatic carbocycles. The van der Waals surface area contributed by atoms with Crippen LogP contribution in [0.3, 0.4) is 0 Å². The molecule has 6 heteroatoms.